The lowest BCUT2D eigenvalue weighted by Crippen LogP contribution is -2.33. The Hall–Kier alpha value is -4.15. The van der Waals surface area contributed by atoms with Crippen LogP contribution in [0.3, 0.4) is 0 Å². The van der Waals surface area contributed by atoms with E-state index in [9.17, 15) is 14.0 Å². The SMILES string of the molecule is CN(CCc1noc(C(=O)NCc2ccc3c(c2)OCO3)n1)C(=O)Nc1ccc(F)cc1. The Balaban J connectivity index is 1.24. The summed E-state index contributed by atoms with van der Waals surface area (Å²) in [5.74, 6) is 0.522. The predicted molar refractivity (Wildman–Crippen MR) is 110 cm³/mol. The molecule has 11 heteroatoms. The molecule has 0 saturated heterocycles. The molecule has 3 aromatic rings. The third-order valence-corrected chi connectivity index (χ3v) is 4.67. The molecule has 0 spiro atoms. The zero-order valence-electron chi connectivity index (χ0n) is 17.1. The summed E-state index contributed by atoms with van der Waals surface area (Å²) in [6.45, 7) is 0.712. The van der Waals surface area contributed by atoms with E-state index >= 15 is 0 Å². The minimum absolute atomic E-state index is 0.167. The second kappa shape index (κ2) is 9.33. The molecule has 0 atom stereocenters. The average molecular weight is 441 g/mol. The molecule has 4 rings (SSSR count). The molecular formula is C21H20FN5O5. The fourth-order valence-electron chi connectivity index (χ4n) is 2.88. The van der Waals surface area contributed by atoms with E-state index in [-0.39, 0.29) is 44.0 Å². The van der Waals surface area contributed by atoms with Crippen molar-refractivity contribution in [3.05, 3.63) is 65.6 Å². The quantitative estimate of drug-likeness (QED) is 0.578. The normalized spacial score (nSPS) is 11.8. The van der Waals surface area contributed by atoms with Crippen LogP contribution < -0.4 is 20.1 Å². The summed E-state index contributed by atoms with van der Waals surface area (Å²) < 4.78 is 28.5. The van der Waals surface area contributed by atoms with E-state index in [2.05, 4.69) is 20.8 Å². The average Bonchev–Trinajstić information content (AvgIpc) is 3.46. The van der Waals surface area contributed by atoms with Gasteiger partial charge in [0.25, 0.3) is 0 Å². The van der Waals surface area contributed by atoms with Gasteiger partial charge in [-0.3, -0.25) is 4.79 Å². The van der Waals surface area contributed by atoms with Crippen LogP contribution in [0, 0.1) is 5.82 Å². The molecule has 0 fully saturated rings. The molecular weight excluding hydrogens is 421 g/mol. The van der Waals surface area contributed by atoms with Gasteiger partial charge in [-0.25, -0.2) is 9.18 Å². The van der Waals surface area contributed by atoms with Gasteiger partial charge >= 0.3 is 17.8 Å². The van der Waals surface area contributed by atoms with E-state index in [0.29, 0.717) is 23.0 Å². The monoisotopic (exact) mass is 441 g/mol. The number of halogens is 1. The molecule has 0 unspecified atom stereocenters. The number of aromatic nitrogens is 2. The highest BCUT2D eigenvalue weighted by Gasteiger charge is 2.18. The number of likely N-dealkylation sites (N-methyl/N-ethyl adjacent to an activating group) is 1. The first-order valence-electron chi connectivity index (χ1n) is 9.75. The van der Waals surface area contributed by atoms with Crippen LogP contribution >= 0.6 is 0 Å². The van der Waals surface area contributed by atoms with Crippen molar-refractivity contribution in [3.63, 3.8) is 0 Å². The number of hydrogen-bond acceptors (Lipinski definition) is 7. The van der Waals surface area contributed by atoms with Gasteiger partial charge in [0.05, 0.1) is 0 Å². The minimum Gasteiger partial charge on any atom is -0.454 e. The van der Waals surface area contributed by atoms with Gasteiger partial charge in [0, 0.05) is 32.2 Å². The zero-order chi connectivity index (χ0) is 22.5. The van der Waals surface area contributed by atoms with Gasteiger partial charge in [-0.05, 0) is 42.0 Å². The Labute approximate surface area is 182 Å². The van der Waals surface area contributed by atoms with Gasteiger partial charge in [0.1, 0.15) is 5.82 Å². The van der Waals surface area contributed by atoms with Crippen LogP contribution in [0.1, 0.15) is 22.1 Å². The standard InChI is InChI=1S/C21H20FN5O5/c1-27(21(29)24-15-5-3-14(22)4-6-15)9-8-18-25-20(32-26-18)19(28)23-11-13-2-7-16-17(10-13)31-12-30-16/h2-7,10H,8-9,11-12H2,1H3,(H,23,28)(H,24,29). The maximum atomic E-state index is 12.9. The molecule has 2 N–H and O–H groups in total. The number of carbonyl (C=O) groups excluding carboxylic acids is 2. The van der Waals surface area contributed by atoms with Crippen molar-refractivity contribution in [2.24, 2.45) is 0 Å². The van der Waals surface area contributed by atoms with E-state index in [1.165, 1.54) is 29.2 Å². The van der Waals surface area contributed by atoms with Crippen LogP contribution in [0.2, 0.25) is 0 Å². The Morgan fingerprint density at radius 1 is 1.12 bits per heavy atom. The van der Waals surface area contributed by atoms with Gasteiger partial charge < -0.3 is 29.5 Å². The highest BCUT2D eigenvalue weighted by atomic mass is 19.1. The molecule has 1 aliphatic heterocycles. The summed E-state index contributed by atoms with van der Waals surface area (Å²) in [5.41, 5.74) is 1.31. The number of amides is 3. The van der Waals surface area contributed by atoms with Crippen molar-refractivity contribution >= 4 is 17.6 Å². The fraction of sp³-hybridized carbons (Fsp3) is 0.238. The van der Waals surface area contributed by atoms with E-state index in [4.69, 9.17) is 14.0 Å². The second-order valence-corrected chi connectivity index (χ2v) is 6.99. The molecule has 0 saturated carbocycles. The summed E-state index contributed by atoms with van der Waals surface area (Å²) >= 11 is 0. The maximum Gasteiger partial charge on any atom is 0.321 e. The molecule has 32 heavy (non-hydrogen) atoms. The lowest BCUT2D eigenvalue weighted by molar-refractivity contribution is 0.0907. The molecule has 166 valence electrons. The van der Waals surface area contributed by atoms with E-state index in [0.717, 1.165) is 5.56 Å². The summed E-state index contributed by atoms with van der Waals surface area (Å²) in [5, 5.41) is 9.13. The van der Waals surface area contributed by atoms with Gasteiger partial charge in [0.2, 0.25) is 6.79 Å². The summed E-state index contributed by atoms with van der Waals surface area (Å²) in [7, 11) is 1.60. The summed E-state index contributed by atoms with van der Waals surface area (Å²) in [4.78, 5) is 30.0. The number of nitrogens with one attached hydrogen (secondary N) is 2. The first kappa shape index (κ1) is 21.1. The second-order valence-electron chi connectivity index (χ2n) is 6.99. The van der Waals surface area contributed by atoms with Gasteiger partial charge in [-0.15, -0.1) is 0 Å². The number of nitrogens with zero attached hydrogens (tertiary/aromatic N) is 3. The topological polar surface area (TPSA) is 119 Å². The van der Waals surface area contributed by atoms with Crippen LogP contribution in [0.15, 0.2) is 47.0 Å². The molecule has 1 aromatic heterocycles. The number of urea groups is 1. The van der Waals surface area contributed by atoms with Gasteiger partial charge in [-0.2, -0.15) is 4.98 Å². The zero-order valence-corrected chi connectivity index (χ0v) is 17.1. The van der Waals surface area contributed by atoms with Crippen LogP contribution in [-0.4, -0.2) is 47.4 Å². The van der Waals surface area contributed by atoms with Crippen molar-refractivity contribution in [2.45, 2.75) is 13.0 Å². The van der Waals surface area contributed by atoms with Crippen molar-refractivity contribution in [2.75, 3.05) is 25.7 Å². The first-order valence-corrected chi connectivity index (χ1v) is 9.75. The van der Waals surface area contributed by atoms with E-state index in [1.807, 2.05) is 6.07 Å². The smallest absolute Gasteiger partial charge is 0.321 e. The Bertz CT molecular complexity index is 1120. The highest BCUT2D eigenvalue weighted by Crippen LogP contribution is 2.32. The third kappa shape index (κ3) is 5.12. The van der Waals surface area contributed by atoms with Gasteiger partial charge in [0.15, 0.2) is 17.3 Å². The van der Waals surface area contributed by atoms with Crippen LogP contribution in [-0.2, 0) is 13.0 Å². The first-order chi connectivity index (χ1) is 15.5. The molecule has 0 bridgehead atoms. The number of anilines is 1. The number of fused-ring (bicyclic) bond motifs is 1. The Kier molecular flexibility index (Phi) is 6.15. The number of rotatable bonds is 7. The highest BCUT2D eigenvalue weighted by molar-refractivity contribution is 5.89. The molecule has 1 aliphatic rings. The van der Waals surface area contributed by atoms with Crippen LogP contribution in [0.5, 0.6) is 11.5 Å². The Morgan fingerprint density at radius 3 is 2.72 bits per heavy atom. The lowest BCUT2D eigenvalue weighted by Gasteiger charge is -2.17. The Morgan fingerprint density at radius 2 is 1.91 bits per heavy atom. The number of hydrogen-bond donors (Lipinski definition) is 2. The van der Waals surface area contributed by atoms with E-state index in [1.54, 1.807) is 19.2 Å². The van der Waals surface area contributed by atoms with Crippen molar-refractivity contribution < 1.29 is 28.0 Å². The molecule has 10 nitrogen and oxygen atoms in total. The lowest BCUT2D eigenvalue weighted by atomic mass is 10.2. The number of ether oxygens (including phenoxy) is 2. The largest absolute Gasteiger partial charge is 0.454 e. The fourth-order valence-corrected chi connectivity index (χ4v) is 2.88. The molecule has 3 amide bonds. The number of carbonyl (C=O) groups is 2. The summed E-state index contributed by atoms with van der Waals surface area (Å²) in [6, 6.07) is 10.5. The van der Waals surface area contributed by atoms with Crippen LogP contribution in [0.25, 0.3) is 0 Å². The van der Waals surface area contributed by atoms with Gasteiger partial charge in [-0.1, -0.05) is 11.2 Å². The van der Waals surface area contributed by atoms with E-state index < -0.39 is 5.91 Å². The van der Waals surface area contributed by atoms with Crippen molar-refractivity contribution in [1.82, 2.24) is 20.4 Å². The van der Waals surface area contributed by atoms with Crippen molar-refractivity contribution in [1.29, 1.82) is 0 Å². The molecule has 0 aliphatic carbocycles. The molecule has 2 aromatic carbocycles. The van der Waals surface area contributed by atoms with Crippen LogP contribution in [0.4, 0.5) is 14.9 Å². The van der Waals surface area contributed by atoms with Crippen molar-refractivity contribution in [3.8, 4) is 11.5 Å². The predicted octanol–water partition coefficient (Wildman–Crippen LogP) is 2.57. The molecule has 2 heterocycles. The third-order valence-electron chi connectivity index (χ3n) is 4.67. The number of benzene rings is 2. The summed E-state index contributed by atoms with van der Waals surface area (Å²) in [6.07, 6.45) is 0.284. The minimum atomic E-state index is -0.510. The maximum absolute atomic E-state index is 12.9. The molecule has 0 radical (unpaired) electrons.